The fourth-order valence-corrected chi connectivity index (χ4v) is 3.38. The van der Waals surface area contributed by atoms with E-state index < -0.39 is 0 Å². The van der Waals surface area contributed by atoms with E-state index in [2.05, 4.69) is 9.97 Å². The SMILES string of the molecule is Cc1cc(C(=O)N2CCN(C(=O)c3ccc4nc[nH]c4c3)CC2)c(C)o1. The number of imidazole rings is 1. The van der Waals surface area contributed by atoms with E-state index in [1.165, 1.54) is 0 Å². The first-order chi connectivity index (χ1) is 12.5. The molecule has 0 bridgehead atoms. The van der Waals surface area contributed by atoms with Crippen LogP contribution in [0.3, 0.4) is 0 Å². The molecule has 3 aromatic rings. The van der Waals surface area contributed by atoms with Crippen molar-refractivity contribution in [2.24, 2.45) is 0 Å². The van der Waals surface area contributed by atoms with Crippen molar-refractivity contribution < 1.29 is 14.0 Å². The molecule has 2 aromatic heterocycles. The van der Waals surface area contributed by atoms with Crippen molar-refractivity contribution in [3.63, 3.8) is 0 Å². The van der Waals surface area contributed by atoms with Crippen LogP contribution in [0.4, 0.5) is 0 Å². The van der Waals surface area contributed by atoms with Gasteiger partial charge < -0.3 is 19.2 Å². The first kappa shape index (κ1) is 16.4. The van der Waals surface area contributed by atoms with Crippen molar-refractivity contribution in [1.29, 1.82) is 0 Å². The molecule has 1 aliphatic rings. The summed E-state index contributed by atoms with van der Waals surface area (Å²) in [5.41, 5.74) is 2.91. The van der Waals surface area contributed by atoms with Crippen molar-refractivity contribution >= 4 is 22.8 Å². The minimum Gasteiger partial charge on any atom is -0.466 e. The van der Waals surface area contributed by atoms with Gasteiger partial charge in [0.2, 0.25) is 0 Å². The quantitative estimate of drug-likeness (QED) is 0.768. The molecule has 1 aliphatic heterocycles. The predicted molar refractivity (Wildman–Crippen MR) is 96.1 cm³/mol. The van der Waals surface area contributed by atoms with Crippen LogP contribution in [0.1, 0.15) is 32.2 Å². The highest BCUT2D eigenvalue weighted by Gasteiger charge is 2.27. The minimum absolute atomic E-state index is 0.0241. The molecular formula is C19H20N4O3. The van der Waals surface area contributed by atoms with Crippen LogP contribution in [-0.4, -0.2) is 57.8 Å². The Morgan fingerprint density at radius 3 is 2.38 bits per heavy atom. The lowest BCUT2D eigenvalue weighted by Crippen LogP contribution is -2.50. The van der Waals surface area contributed by atoms with Crippen LogP contribution in [-0.2, 0) is 0 Å². The van der Waals surface area contributed by atoms with Gasteiger partial charge in [-0.15, -0.1) is 0 Å². The highest BCUT2D eigenvalue weighted by Crippen LogP contribution is 2.18. The zero-order valence-electron chi connectivity index (χ0n) is 14.8. The van der Waals surface area contributed by atoms with Crippen molar-refractivity contribution in [2.45, 2.75) is 13.8 Å². The number of H-pyrrole nitrogens is 1. The maximum Gasteiger partial charge on any atom is 0.257 e. The Hall–Kier alpha value is -3.09. The number of piperazine rings is 1. The lowest BCUT2D eigenvalue weighted by molar-refractivity contribution is 0.0534. The summed E-state index contributed by atoms with van der Waals surface area (Å²) in [6.07, 6.45) is 1.61. The number of aromatic nitrogens is 2. The molecule has 7 nitrogen and oxygen atoms in total. The van der Waals surface area contributed by atoms with Crippen molar-refractivity contribution in [3.05, 3.63) is 53.2 Å². The lowest BCUT2D eigenvalue weighted by Gasteiger charge is -2.34. The number of nitrogens with zero attached hydrogens (tertiary/aromatic N) is 3. The van der Waals surface area contributed by atoms with Gasteiger partial charge in [-0.1, -0.05) is 0 Å². The number of hydrogen-bond acceptors (Lipinski definition) is 4. The van der Waals surface area contributed by atoms with Crippen LogP contribution in [0, 0.1) is 13.8 Å². The van der Waals surface area contributed by atoms with Crippen LogP contribution >= 0.6 is 0 Å². The Balaban J connectivity index is 1.43. The van der Waals surface area contributed by atoms with Crippen LogP contribution in [0.2, 0.25) is 0 Å². The number of aromatic amines is 1. The summed E-state index contributed by atoms with van der Waals surface area (Å²) in [5, 5.41) is 0. The van der Waals surface area contributed by atoms with E-state index in [1.54, 1.807) is 35.2 Å². The summed E-state index contributed by atoms with van der Waals surface area (Å²) >= 11 is 0. The molecule has 1 N–H and O–H groups in total. The maximum atomic E-state index is 12.7. The predicted octanol–water partition coefficient (Wildman–Crippen LogP) is 2.37. The first-order valence-corrected chi connectivity index (χ1v) is 8.61. The smallest absolute Gasteiger partial charge is 0.257 e. The van der Waals surface area contributed by atoms with Gasteiger partial charge >= 0.3 is 0 Å². The molecule has 134 valence electrons. The van der Waals surface area contributed by atoms with Crippen LogP contribution in [0.5, 0.6) is 0 Å². The number of carbonyl (C=O) groups excluding carboxylic acids is 2. The molecule has 0 unspecified atom stereocenters. The van der Waals surface area contributed by atoms with Gasteiger partial charge in [-0.05, 0) is 38.1 Å². The third-order valence-corrected chi connectivity index (χ3v) is 4.79. The molecule has 0 aliphatic carbocycles. The summed E-state index contributed by atoms with van der Waals surface area (Å²) in [5.74, 6) is 1.31. The van der Waals surface area contributed by atoms with Gasteiger partial charge in [-0.3, -0.25) is 9.59 Å². The summed E-state index contributed by atoms with van der Waals surface area (Å²) in [6, 6.07) is 7.22. The summed E-state index contributed by atoms with van der Waals surface area (Å²) in [6.45, 7) is 5.69. The summed E-state index contributed by atoms with van der Waals surface area (Å²) in [4.78, 5) is 36.1. The average Bonchev–Trinajstić information content (AvgIpc) is 3.25. The number of furan rings is 1. The van der Waals surface area contributed by atoms with Crippen molar-refractivity contribution in [2.75, 3.05) is 26.2 Å². The molecule has 2 amide bonds. The van der Waals surface area contributed by atoms with Crippen LogP contribution in [0.25, 0.3) is 11.0 Å². The van der Waals surface area contributed by atoms with E-state index in [1.807, 2.05) is 19.1 Å². The maximum absolute atomic E-state index is 12.7. The first-order valence-electron chi connectivity index (χ1n) is 8.61. The topological polar surface area (TPSA) is 82.4 Å². The molecule has 0 atom stereocenters. The number of aryl methyl sites for hydroxylation is 2. The Bertz CT molecular complexity index is 980. The Kier molecular flexibility index (Phi) is 3.99. The molecule has 0 radical (unpaired) electrons. The molecule has 1 aromatic carbocycles. The van der Waals surface area contributed by atoms with Gasteiger partial charge in [0.1, 0.15) is 11.5 Å². The van der Waals surface area contributed by atoms with Gasteiger partial charge in [0.15, 0.2) is 0 Å². The van der Waals surface area contributed by atoms with Gasteiger partial charge in [-0.2, -0.15) is 0 Å². The minimum atomic E-state index is -0.0367. The standard InChI is InChI=1S/C19H20N4O3/c1-12-9-15(13(2)26-12)19(25)23-7-5-22(6-8-23)18(24)14-3-4-16-17(10-14)21-11-20-16/h3-4,9-11H,5-8H2,1-2H3,(H,20,21). The normalized spacial score (nSPS) is 14.8. The Morgan fingerprint density at radius 1 is 1.04 bits per heavy atom. The zero-order valence-corrected chi connectivity index (χ0v) is 14.8. The van der Waals surface area contributed by atoms with Crippen LogP contribution < -0.4 is 0 Å². The van der Waals surface area contributed by atoms with E-state index in [0.717, 1.165) is 16.8 Å². The van der Waals surface area contributed by atoms with Gasteiger partial charge in [0.25, 0.3) is 11.8 Å². The molecule has 0 saturated carbocycles. The fourth-order valence-electron chi connectivity index (χ4n) is 3.38. The summed E-state index contributed by atoms with van der Waals surface area (Å²) in [7, 11) is 0. The second kappa shape index (κ2) is 6.33. The number of fused-ring (bicyclic) bond motifs is 1. The molecule has 1 saturated heterocycles. The largest absolute Gasteiger partial charge is 0.466 e. The number of rotatable bonds is 2. The molecule has 4 rings (SSSR count). The van der Waals surface area contributed by atoms with E-state index in [0.29, 0.717) is 43.1 Å². The number of benzene rings is 1. The van der Waals surface area contributed by atoms with Crippen molar-refractivity contribution in [1.82, 2.24) is 19.8 Å². The Morgan fingerprint density at radius 2 is 1.73 bits per heavy atom. The molecule has 1 fully saturated rings. The number of hydrogen-bond donors (Lipinski definition) is 1. The van der Waals surface area contributed by atoms with E-state index in [9.17, 15) is 9.59 Å². The average molecular weight is 352 g/mol. The second-order valence-corrected chi connectivity index (χ2v) is 6.55. The van der Waals surface area contributed by atoms with Gasteiger partial charge in [0, 0.05) is 31.7 Å². The second-order valence-electron chi connectivity index (χ2n) is 6.55. The number of amides is 2. The van der Waals surface area contributed by atoms with E-state index >= 15 is 0 Å². The fraction of sp³-hybridized carbons (Fsp3) is 0.316. The van der Waals surface area contributed by atoms with Gasteiger partial charge in [0.05, 0.1) is 22.9 Å². The number of nitrogens with one attached hydrogen (secondary N) is 1. The van der Waals surface area contributed by atoms with E-state index in [-0.39, 0.29) is 11.8 Å². The van der Waals surface area contributed by atoms with Gasteiger partial charge in [-0.25, -0.2) is 4.98 Å². The molecule has 3 heterocycles. The third-order valence-electron chi connectivity index (χ3n) is 4.79. The summed E-state index contributed by atoms with van der Waals surface area (Å²) < 4.78 is 5.45. The zero-order chi connectivity index (χ0) is 18.3. The molecular weight excluding hydrogens is 332 g/mol. The third kappa shape index (κ3) is 2.85. The molecule has 0 spiro atoms. The highest BCUT2D eigenvalue weighted by atomic mass is 16.3. The molecule has 7 heteroatoms. The van der Waals surface area contributed by atoms with Crippen LogP contribution in [0.15, 0.2) is 35.0 Å². The monoisotopic (exact) mass is 352 g/mol. The lowest BCUT2D eigenvalue weighted by atomic mass is 10.1. The highest BCUT2D eigenvalue weighted by molar-refractivity contribution is 5.98. The number of carbonyl (C=O) groups is 2. The Labute approximate surface area is 150 Å². The van der Waals surface area contributed by atoms with E-state index in [4.69, 9.17) is 4.42 Å². The van der Waals surface area contributed by atoms with Crippen molar-refractivity contribution in [3.8, 4) is 0 Å². The molecule has 26 heavy (non-hydrogen) atoms.